The molecule has 138 valence electrons. The van der Waals surface area contributed by atoms with Crippen LogP contribution in [0.5, 0.6) is 0 Å². The summed E-state index contributed by atoms with van der Waals surface area (Å²) < 4.78 is 1.77. The van der Waals surface area contributed by atoms with Crippen LogP contribution < -0.4 is 16.0 Å². The molecule has 0 radical (unpaired) electrons. The topological polar surface area (TPSA) is 101 Å². The van der Waals surface area contributed by atoms with Crippen LogP contribution in [0.1, 0.15) is 34.8 Å². The number of pyridine rings is 1. The Morgan fingerprint density at radius 3 is 2.88 bits per heavy atom. The van der Waals surface area contributed by atoms with E-state index in [9.17, 15) is 9.59 Å². The highest BCUT2D eigenvalue weighted by Crippen LogP contribution is 2.22. The van der Waals surface area contributed by atoms with Gasteiger partial charge < -0.3 is 16.0 Å². The molecule has 0 aliphatic carbocycles. The molecule has 1 aliphatic heterocycles. The summed E-state index contributed by atoms with van der Waals surface area (Å²) in [5, 5.41) is 13.2. The highest BCUT2D eigenvalue weighted by molar-refractivity contribution is 5.93. The minimum absolute atomic E-state index is 0.116. The fraction of sp³-hybridized carbons (Fsp3) is 0.444. The molecule has 2 aromatic heterocycles. The van der Waals surface area contributed by atoms with Crippen molar-refractivity contribution in [2.75, 3.05) is 26.2 Å². The van der Waals surface area contributed by atoms with Crippen molar-refractivity contribution >= 4 is 11.8 Å². The maximum Gasteiger partial charge on any atom is 0.252 e. The number of piperidine rings is 1. The third kappa shape index (κ3) is 4.89. The Morgan fingerprint density at radius 2 is 2.12 bits per heavy atom. The quantitative estimate of drug-likeness (QED) is 0.619. The van der Waals surface area contributed by atoms with Gasteiger partial charge in [-0.2, -0.15) is 5.10 Å². The lowest BCUT2D eigenvalue weighted by Gasteiger charge is -2.23. The van der Waals surface area contributed by atoms with Crippen LogP contribution in [0.25, 0.3) is 0 Å². The molecule has 3 rings (SSSR count). The van der Waals surface area contributed by atoms with E-state index in [2.05, 4.69) is 26.0 Å². The van der Waals surface area contributed by atoms with Crippen LogP contribution in [0.3, 0.4) is 0 Å². The third-order valence-electron chi connectivity index (χ3n) is 4.41. The summed E-state index contributed by atoms with van der Waals surface area (Å²) in [7, 11) is 0. The van der Waals surface area contributed by atoms with Gasteiger partial charge in [-0.15, -0.1) is 0 Å². The highest BCUT2D eigenvalue weighted by Gasteiger charge is 2.19. The molecule has 8 heteroatoms. The number of rotatable bonds is 7. The van der Waals surface area contributed by atoms with E-state index in [-0.39, 0.29) is 18.4 Å². The van der Waals surface area contributed by atoms with Crippen molar-refractivity contribution in [1.29, 1.82) is 0 Å². The van der Waals surface area contributed by atoms with Gasteiger partial charge in [-0.05, 0) is 37.6 Å². The van der Waals surface area contributed by atoms with Gasteiger partial charge in [0.1, 0.15) is 6.54 Å². The number of nitrogens with zero attached hydrogens (tertiary/aromatic N) is 3. The predicted octanol–water partition coefficient (Wildman–Crippen LogP) is 0.291. The second-order valence-electron chi connectivity index (χ2n) is 6.30. The third-order valence-corrected chi connectivity index (χ3v) is 4.41. The minimum atomic E-state index is -0.202. The summed E-state index contributed by atoms with van der Waals surface area (Å²) >= 11 is 0. The number of hydrogen-bond acceptors (Lipinski definition) is 5. The van der Waals surface area contributed by atoms with Crippen molar-refractivity contribution < 1.29 is 9.59 Å². The Balaban J connectivity index is 1.41. The Hall–Kier alpha value is -2.74. The van der Waals surface area contributed by atoms with Crippen molar-refractivity contribution in [2.24, 2.45) is 0 Å². The lowest BCUT2D eigenvalue weighted by atomic mass is 9.96. The number of aromatic nitrogens is 3. The van der Waals surface area contributed by atoms with Crippen LogP contribution in [0, 0.1) is 0 Å². The summed E-state index contributed by atoms with van der Waals surface area (Å²) in [6.07, 6.45) is 7.11. The molecule has 1 fully saturated rings. The molecule has 8 nitrogen and oxygen atoms in total. The van der Waals surface area contributed by atoms with E-state index in [0.717, 1.165) is 31.6 Å². The zero-order valence-corrected chi connectivity index (χ0v) is 14.6. The van der Waals surface area contributed by atoms with Gasteiger partial charge in [0.2, 0.25) is 5.91 Å². The fourth-order valence-electron chi connectivity index (χ4n) is 3.10. The van der Waals surface area contributed by atoms with E-state index in [0.29, 0.717) is 24.6 Å². The Morgan fingerprint density at radius 1 is 1.23 bits per heavy atom. The minimum Gasteiger partial charge on any atom is -0.353 e. The van der Waals surface area contributed by atoms with Crippen LogP contribution >= 0.6 is 0 Å². The zero-order chi connectivity index (χ0) is 18.2. The molecule has 3 heterocycles. The standard InChI is InChI=1S/C18H24N6O2/c25-17(21-9-10-22-18(26)15-4-2-7-20-12-15)13-24-16(5-8-23-24)14-3-1-6-19-11-14/h2,4-5,7-8,12,14,19H,1,3,6,9-11,13H2,(H,21,25)(H,22,26)/t14-/m0/s1. The normalized spacial score (nSPS) is 16.8. The van der Waals surface area contributed by atoms with Crippen LogP contribution in [0.2, 0.25) is 0 Å². The van der Waals surface area contributed by atoms with Gasteiger partial charge in [-0.1, -0.05) is 0 Å². The lowest BCUT2D eigenvalue weighted by Crippen LogP contribution is -2.37. The number of hydrogen-bond donors (Lipinski definition) is 3. The fourth-order valence-corrected chi connectivity index (χ4v) is 3.10. The first-order chi connectivity index (χ1) is 12.7. The predicted molar refractivity (Wildman–Crippen MR) is 96.7 cm³/mol. The van der Waals surface area contributed by atoms with Gasteiger partial charge in [0, 0.05) is 49.8 Å². The number of carbonyl (C=O) groups excluding carboxylic acids is 2. The van der Waals surface area contributed by atoms with Gasteiger partial charge in [-0.25, -0.2) is 0 Å². The van der Waals surface area contributed by atoms with Crippen molar-refractivity contribution in [3.63, 3.8) is 0 Å². The molecule has 26 heavy (non-hydrogen) atoms. The zero-order valence-electron chi connectivity index (χ0n) is 14.6. The first-order valence-corrected chi connectivity index (χ1v) is 8.91. The molecule has 2 amide bonds. The van der Waals surface area contributed by atoms with E-state index < -0.39 is 0 Å². The van der Waals surface area contributed by atoms with Crippen molar-refractivity contribution in [2.45, 2.75) is 25.3 Å². The molecule has 1 atom stereocenters. The van der Waals surface area contributed by atoms with Crippen LogP contribution in [0.4, 0.5) is 0 Å². The van der Waals surface area contributed by atoms with Crippen LogP contribution in [0.15, 0.2) is 36.8 Å². The van der Waals surface area contributed by atoms with E-state index in [1.165, 1.54) is 6.20 Å². The Bertz CT molecular complexity index is 724. The van der Waals surface area contributed by atoms with Crippen LogP contribution in [-0.4, -0.2) is 52.8 Å². The lowest BCUT2D eigenvalue weighted by molar-refractivity contribution is -0.121. The van der Waals surface area contributed by atoms with Crippen molar-refractivity contribution in [3.8, 4) is 0 Å². The van der Waals surface area contributed by atoms with Gasteiger partial charge >= 0.3 is 0 Å². The summed E-state index contributed by atoms with van der Waals surface area (Å²) in [6.45, 7) is 2.89. The number of carbonyl (C=O) groups is 2. The molecular weight excluding hydrogens is 332 g/mol. The van der Waals surface area contributed by atoms with Gasteiger partial charge in [0.25, 0.3) is 5.91 Å². The molecule has 0 spiro atoms. The SMILES string of the molecule is O=C(Cn1nccc1[C@H]1CCCNC1)NCCNC(=O)c1cccnc1. The largest absolute Gasteiger partial charge is 0.353 e. The first kappa shape index (κ1) is 18.1. The number of nitrogens with one attached hydrogen (secondary N) is 3. The average Bonchev–Trinajstić information content (AvgIpc) is 3.14. The second kappa shape index (κ2) is 9.10. The Labute approximate surface area is 152 Å². The van der Waals surface area contributed by atoms with Crippen molar-refractivity contribution in [3.05, 3.63) is 48.0 Å². The van der Waals surface area contributed by atoms with E-state index in [1.807, 2.05) is 6.07 Å². The maximum absolute atomic E-state index is 12.1. The molecule has 1 saturated heterocycles. The molecule has 2 aromatic rings. The molecule has 0 bridgehead atoms. The summed E-state index contributed by atoms with van der Waals surface area (Å²) in [5.41, 5.74) is 1.60. The Kier molecular flexibility index (Phi) is 6.32. The van der Waals surface area contributed by atoms with Crippen molar-refractivity contribution in [1.82, 2.24) is 30.7 Å². The van der Waals surface area contributed by atoms with E-state index in [4.69, 9.17) is 0 Å². The monoisotopic (exact) mass is 356 g/mol. The van der Waals surface area contributed by atoms with Crippen LogP contribution in [-0.2, 0) is 11.3 Å². The molecule has 3 N–H and O–H groups in total. The second-order valence-corrected chi connectivity index (χ2v) is 6.30. The van der Waals surface area contributed by atoms with Gasteiger partial charge in [0.05, 0.1) is 5.56 Å². The molecule has 0 saturated carbocycles. The highest BCUT2D eigenvalue weighted by atomic mass is 16.2. The summed E-state index contributed by atoms with van der Waals surface area (Å²) in [6, 6.07) is 5.39. The molecule has 0 unspecified atom stereocenters. The van der Waals surface area contributed by atoms with E-state index in [1.54, 1.807) is 29.2 Å². The average molecular weight is 356 g/mol. The van der Waals surface area contributed by atoms with Gasteiger partial charge in [-0.3, -0.25) is 19.3 Å². The maximum atomic E-state index is 12.1. The first-order valence-electron chi connectivity index (χ1n) is 8.91. The molecule has 0 aromatic carbocycles. The summed E-state index contributed by atoms with van der Waals surface area (Å²) in [4.78, 5) is 27.9. The smallest absolute Gasteiger partial charge is 0.252 e. The molecule has 1 aliphatic rings. The summed E-state index contributed by atoms with van der Waals surface area (Å²) in [5.74, 6) is 0.0821. The van der Waals surface area contributed by atoms with Gasteiger partial charge in [0.15, 0.2) is 0 Å². The number of amides is 2. The van der Waals surface area contributed by atoms with E-state index >= 15 is 0 Å². The molecular formula is C18H24N6O2.